The number of rotatable bonds is 4. The molecular formula is C23H22F4NO3+. The van der Waals surface area contributed by atoms with Crippen LogP contribution in [0.5, 0.6) is 0 Å². The summed E-state index contributed by atoms with van der Waals surface area (Å²) in [6.07, 6.45) is 4.49. The van der Waals surface area contributed by atoms with Crippen LogP contribution in [0.4, 0.5) is 17.6 Å². The molecule has 0 spiro atoms. The van der Waals surface area contributed by atoms with Gasteiger partial charge in [0.05, 0.1) is 14.1 Å². The third-order valence-corrected chi connectivity index (χ3v) is 6.40. The van der Waals surface area contributed by atoms with Gasteiger partial charge in [0.15, 0.2) is 0 Å². The summed E-state index contributed by atoms with van der Waals surface area (Å²) in [5.41, 5.74) is -3.85. The number of esters is 1. The SMILES string of the molecule is C[N+]1(C)C2C=CC1CC(OC(=O)C(O)(c1cc(F)cc(F)c1)c1cc(F)cc(F)c1)C2. The minimum Gasteiger partial charge on any atom is -0.459 e. The highest BCUT2D eigenvalue weighted by atomic mass is 19.1. The number of aliphatic hydroxyl groups is 1. The number of benzene rings is 2. The second-order valence-electron chi connectivity index (χ2n) is 8.67. The lowest BCUT2D eigenvalue weighted by molar-refractivity contribution is -0.926. The highest BCUT2D eigenvalue weighted by Gasteiger charge is 2.49. The predicted octanol–water partition coefficient (Wildman–Crippen LogP) is 3.57. The van der Waals surface area contributed by atoms with Crippen molar-refractivity contribution in [3.8, 4) is 0 Å². The molecule has 2 aromatic rings. The zero-order valence-electron chi connectivity index (χ0n) is 17.0. The first-order valence-corrected chi connectivity index (χ1v) is 9.88. The van der Waals surface area contributed by atoms with Gasteiger partial charge in [-0.25, -0.2) is 22.4 Å². The van der Waals surface area contributed by atoms with E-state index >= 15 is 0 Å². The highest BCUT2D eigenvalue weighted by Crippen LogP contribution is 2.38. The minimum absolute atomic E-state index is 0.0999. The lowest BCUT2D eigenvalue weighted by atomic mass is 9.85. The zero-order chi connectivity index (χ0) is 22.6. The van der Waals surface area contributed by atoms with Gasteiger partial charge in [-0.1, -0.05) is 0 Å². The Kier molecular flexibility index (Phi) is 5.18. The Morgan fingerprint density at radius 3 is 1.65 bits per heavy atom. The fourth-order valence-electron chi connectivity index (χ4n) is 4.54. The van der Waals surface area contributed by atoms with Crippen LogP contribution in [0, 0.1) is 23.3 Å². The second-order valence-corrected chi connectivity index (χ2v) is 8.67. The summed E-state index contributed by atoms with van der Waals surface area (Å²) in [6, 6.07) is 4.26. The van der Waals surface area contributed by atoms with Gasteiger partial charge >= 0.3 is 5.97 Å². The molecule has 2 unspecified atom stereocenters. The molecule has 4 nitrogen and oxygen atoms in total. The van der Waals surface area contributed by atoms with Crippen LogP contribution in [0.1, 0.15) is 24.0 Å². The Morgan fingerprint density at radius 2 is 1.26 bits per heavy atom. The van der Waals surface area contributed by atoms with Crippen molar-refractivity contribution in [3.05, 3.63) is 82.9 Å². The molecule has 0 radical (unpaired) electrons. The molecule has 4 rings (SSSR count). The summed E-state index contributed by atoms with van der Waals surface area (Å²) >= 11 is 0. The highest BCUT2D eigenvalue weighted by molar-refractivity contribution is 5.85. The minimum atomic E-state index is -2.81. The molecular weight excluding hydrogens is 414 g/mol. The molecule has 2 bridgehead atoms. The number of hydrogen-bond donors (Lipinski definition) is 1. The largest absolute Gasteiger partial charge is 0.459 e. The first kappa shape index (κ1) is 21.5. The molecule has 0 amide bonds. The van der Waals surface area contributed by atoms with Gasteiger partial charge in [0.2, 0.25) is 5.60 Å². The molecule has 0 aliphatic carbocycles. The van der Waals surface area contributed by atoms with Gasteiger partial charge < -0.3 is 14.3 Å². The quantitative estimate of drug-likeness (QED) is 0.345. The number of likely N-dealkylation sites (N-methyl/N-ethyl adjacent to an activating group) is 1. The molecule has 0 aromatic heterocycles. The van der Waals surface area contributed by atoms with Crippen molar-refractivity contribution in [1.82, 2.24) is 0 Å². The third kappa shape index (κ3) is 3.74. The number of nitrogens with zero attached hydrogens (tertiary/aromatic N) is 1. The normalized spacial score (nSPS) is 24.3. The molecule has 1 fully saturated rings. The summed E-state index contributed by atoms with van der Waals surface area (Å²) in [7, 11) is 4.13. The number of fused-ring (bicyclic) bond motifs is 2. The second kappa shape index (κ2) is 7.46. The van der Waals surface area contributed by atoms with E-state index in [9.17, 15) is 27.5 Å². The fraction of sp³-hybridized carbons (Fsp3) is 0.348. The van der Waals surface area contributed by atoms with Gasteiger partial charge in [0.1, 0.15) is 41.5 Å². The third-order valence-electron chi connectivity index (χ3n) is 6.40. The number of halogens is 4. The van der Waals surface area contributed by atoms with Gasteiger partial charge in [0, 0.05) is 36.1 Å². The average Bonchev–Trinajstić information content (AvgIpc) is 2.82. The summed E-state index contributed by atoms with van der Waals surface area (Å²) < 4.78 is 61.8. The average molecular weight is 436 g/mol. The Morgan fingerprint density at radius 1 is 0.871 bits per heavy atom. The maximum absolute atomic E-state index is 13.9. The molecule has 164 valence electrons. The Hall–Kier alpha value is -2.71. The molecule has 1 saturated heterocycles. The van der Waals surface area contributed by atoms with E-state index in [1.54, 1.807) is 0 Å². The van der Waals surface area contributed by atoms with E-state index < -0.39 is 52.1 Å². The molecule has 2 aliphatic rings. The fourth-order valence-corrected chi connectivity index (χ4v) is 4.54. The maximum atomic E-state index is 13.9. The Bertz CT molecular complexity index is 959. The molecule has 2 heterocycles. The van der Waals surface area contributed by atoms with Crippen LogP contribution in [-0.4, -0.2) is 47.8 Å². The zero-order valence-corrected chi connectivity index (χ0v) is 17.0. The Labute approximate surface area is 177 Å². The van der Waals surface area contributed by atoms with Crippen LogP contribution in [0.25, 0.3) is 0 Å². The molecule has 2 atom stereocenters. The van der Waals surface area contributed by atoms with Crippen LogP contribution in [-0.2, 0) is 15.1 Å². The lowest BCUT2D eigenvalue weighted by Gasteiger charge is -2.44. The van der Waals surface area contributed by atoms with Crippen LogP contribution in [0.2, 0.25) is 0 Å². The van der Waals surface area contributed by atoms with E-state index in [1.807, 2.05) is 0 Å². The topological polar surface area (TPSA) is 46.5 Å². The van der Waals surface area contributed by atoms with Gasteiger partial charge in [0.25, 0.3) is 0 Å². The van der Waals surface area contributed by atoms with Crippen LogP contribution < -0.4 is 0 Å². The van der Waals surface area contributed by atoms with Gasteiger partial charge in [-0.2, -0.15) is 0 Å². The van der Waals surface area contributed by atoms with E-state index in [4.69, 9.17) is 4.74 Å². The van der Waals surface area contributed by atoms with E-state index in [1.165, 1.54) is 0 Å². The number of quaternary nitrogens is 1. The summed E-state index contributed by atoms with van der Waals surface area (Å²) in [5, 5.41) is 11.3. The molecule has 2 aromatic carbocycles. The van der Waals surface area contributed by atoms with Crippen molar-refractivity contribution < 1.29 is 36.7 Å². The van der Waals surface area contributed by atoms with Gasteiger partial charge in [-0.15, -0.1) is 0 Å². The number of carbonyl (C=O) groups is 1. The van der Waals surface area contributed by atoms with Crippen molar-refractivity contribution in [1.29, 1.82) is 0 Å². The van der Waals surface area contributed by atoms with Crippen molar-refractivity contribution in [2.75, 3.05) is 14.1 Å². The first-order chi connectivity index (χ1) is 14.5. The van der Waals surface area contributed by atoms with Crippen molar-refractivity contribution >= 4 is 5.97 Å². The van der Waals surface area contributed by atoms with Gasteiger partial charge in [-0.05, 0) is 36.4 Å². The van der Waals surface area contributed by atoms with Crippen LogP contribution in [0.3, 0.4) is 0 Å². The summed E-state index contributed by atoms with van der Waals surface area (Å²) in [5.74, 6) is -5.48. The Balaban J connectivity index is 1.72. The number of ether oxygens (including phenoxy) is 1. The lowest BCUT2D eigenvalue weighted by Crippen LogP contribution is -2.57. The maximum Gasteiger partial charge on any atom is 0.347 e. The smallest absolute Gasteiger partial charge is 0.347 e. The van der Waals surface area contributed by atoms with Crippen molar-refractivity contribution in [2.45, 2.75) is 36.6 Å². The van der Waals surface area contributed by atoms with Crippen molar-refractivity contribution in [2.24, 2.45) is 0 Å². The molecule has 0 saturated carbocycles. The standard InChI is InChI=1S/C23H22F4NO3/c1-28(2)19-3-4-20(28)12-21(11-19)31-22(29)23(30,13-5-15(24)9-16(25)6-13)14-7-17(26)10-18(27)8-14/h3-10,19-21,30H,11-12H2,1-2H3/q+1. The van der Waals surface area contributed by atoms with E-state index in [2.05, 4.69) is 26.2 Å². The van der Waals surface area contributed by atoms with Crippen molar-refractivity contribution in [3.63, 3.8) is 0 Å². The molecule has 31 heavy (non-hydrogen) atoms. The van der Waals surface area contributed by atoms with Crippen LogP contribution in [0.15, 0.2) is 48.6 Å². The monoisotopic (exact) mass is 436 g/mol. The van der Waals surface area contributed by atoms with E-state index in [0.29, 0.717) is 29.5 Å². The number of piperidine rings is 1. The van der Waals surface area contributed by atoms with Gasteiger partial charge in [-0.3, -0.25) is 0 Å². The summed E-state index contributed by atoms with van der Waals surface area (Å²) in [6.45, 7) is 0. The molecule has 2 aliphatic heterocycles. The first-order valence-electron chi connectivity index (χ1n) is 9.88. The van der Waals surface area contributed by atoms with E-state index in [0.717, 1.165) is 24.3 Å². The number of hydrogen-bond acceptors (Lipinski definition) is 3. The molecule has 8 heteroatoms. The molecule has 1 N–H and O–H groups in total. The summed E-state index contributed by atoms with van der Waals surface area (Å²) in [4.78, 5) is 13.2. The van der Waals surface area contributed by atoms with E-state index in [-0.39, 0.29) is 12.1 Å². The number of carbonyl (C=O) groups excluding carboxylic acids is 1. The predicted molar refractivity (Wildman–Crippen MR) is 104 cm³/mol. The van der Waals surface area contributed by atoms with Crippen LogP contribution >= 0.6 is 0 Å².